The molecule has 4 heteroatoms. The van der Waals surface area contributed by atoms with Crippen molar-refractivity contribution in [2.45, 2.75) is 45.8 Å². The quantitative estimate of drug-likeness (QED) is 0.403. The van der Waals surface area contributed by atoms with Crippen LogP contribution in [0.2, 0.25) is 0 Å². The lowest BCUT2D eigenvalue weighted by atomic mass is 10.2. The summed E-state index contributed by atoms with van der Waals surface area (Å²) in [6.07, 6.45) is -0.451. The van der Waals surface area contributed by atoms with Gasteiger partial charge in [-0.05, 0) is 27.7 Å². The predicted octanol–water partition coefficient (Wildman–Crippen LogP) is 1.60. The summed E-state index contributed by atoms with van der Waals surface area (Å²) in [4.78, 5) is 14.9. The lowest BCUT2D eigenvalue weighted by molar-refractivity contribution is -0.275. The maximum Gasteiger partial charge on any atom is 0.309 e. The van der Waals surface area contributed by atoms with E-state index in [0.717, 1.165) is 0 Å². The third-order valence-corrected chi connectivity index (χ3v) is 1.05. The van der Waals surface area contributed by atoms with Crippen LogP contribution in [0.25, 0.3) is 0 Å². The van der Waals surface area contributed by atoms with E-state index >= 15 is 0 Å². The van der Waals surface area contributed by atoms with Gasteiger partial charge in [0.25, 0.3) is 0 Å². The van der Waals surface area contributed by atoms with Crippen molar-refractivity contribution >= 4 is 5.97 Å². The van der Waals surface area contributed by atoms with Gasteiger partial charge in [0.2, 0.25) is 0 Å². The van der Waals surface area contributed by atoms with Crippen LogP contribution in [0.15, 0.2) is 0 Å². The molecule has 0 unspecified atom stereocenters. The molecule has 72 valence electrons. The molecule has 0 bridgehead atoms. The fourth-order valence-corrected chi connectivity index (χ4v) is 0.655. The fraction of sp³-hybridized carbons (Fsp3) is 0.875. The molecule has 4 nitrogen and oxygen atoms in total. The zero-order valence-electron chi connectivity index (χ0n) is 7.96. The molecule has 12 heavy (non-hydrogen) atoms. The summed E-state index contributed by atoms with van der Waals surface area (Å²) in [6.45, 7) is 6.95. The predicted molar refractivity (Wildman–Crippen MR) is 43.6 cm³/mol. The van der Waals surface area contributed by atoms with Gasteiger partial charge in [-0.25, -0.2) is 4.89 Å². The lowest BCUT2D eigenvalue weighted by Gasteiger charge is -2.20. The molecular formula is C8H16O4. The second kappa shape index (κ2) is 4.42. The van der Waals surface area contributed by atoms with Crippen molar-refractivity contribution in [3.05, 3.63) is 0 Å². The number of carbonyl (C=O) groups excluding carboxylic acids is 1. The molecule has 0 radical (unpaired) electrons. The summed E-state index contributed by atoms with van der Waals surface area (Å²) in [5.41, 5.74) is -0.480. The van der Waals surface area contributed by atoms with Crippen LogP contribution in [0, 0.1) is 0 Å². The summed E-state index contributed by atoms with van der Waals surface area (Å²) >= 11 is 0. The molecule has 1 atom stereocenters. The Kier molecular flexibility index (Phi) is 4.20. The number of ether oxygens (including phenoxy) is 1. The maximum absolute atomic E-state index is 11.0. The zero-order valence-corrected chi connectivity index (χ0v) is 7.96. The lowest BCUT2D eigenvalue weighted by Crippen LogP contribution is -2.26. The minimum atomic E-state index is -0.514. The van der Waals surface area contributed by atoms with Gasteiger partial charge in [-0.1, -0.05) is 0 Å². The van der Waals surface area contributed by atoms with Crippen molar-refractivity contribution in [3.8, 4) is 0 Å². The van der Waals surface area contributed by atoms with Crippen LogP contribution in [-0.2, 0) is 14.4 Å². The average molecular weight is 176 g/mol. The first-order valence-corrected chi connectivity index (χ1v) is 3.87. The highest BCUT2D eigenvalue weighted by atomic mass is 17.1. The van der Waals surface area contributed by atoms with E-state index in [1.807, 2.05) is 0 Å². The first kappa shape index (κ1) is 11.4. The van der Waals surface area contributed by atoms with E-state index < -0.39 is 11.7 Å². The summed E-state index contributed by atoms with van der Waals surface area (Å²) in [5, 5.41) is 8.17. The molecule has 0 aliphatic heterocycles. The monoisotopic (exact) mass is 176 g/mol. The molecular weight excluding hydrogens is 160 g/mol. The van der Waals surface area contributed by atoms with Gasteiger partial charge in [0.15, 0.2) is 0 Å². The normalized spacial score (nSPS) is 14.1. The number of esters is 1. The van der Waals surface area contributed by atoms with Crippen LogP contribution < -0.4 is 0 Å². The Morgan fingerprint density at radius 3 is 2.33 bits per heavy atom. The first-order valence-electron chi connectivity index (χ1n) is 3.87. The van der Waals surface area contributed by atoms with Gasteiger partial charge < -0.3 is 4.74 Å². The van der Waals surface area contributed by atoms with Crippen molar-refractivity contribution in [2.75, 3.05) is 0 Å². The second-order valence-corrected chi connectivity index (χ2v) is 3.71. The Labute approximate surface area is 72.4 Å². The zero-order chi connectivity index (χ0) is 9.78. The fourth-order valence-electron chi connectivity index (χ4n) is 0.655. The highest BCUT2D eigenvalue weighted by molar-refractivity contribution is 5.70. The van der Waals surface area contributed by atoms with Crippen molar-refractivity contribution in [3.63, 3.8) is 0 Å². The number of hydrogen-bond donors (Lipinski definition) is 1. The van der Waals surface area contributed by atoms with Crippen molar-refractivity contribution in [1.82, 2.24) is 0 Å². The Morgan fingerprint density at radius 1 is 1.50 bits per heavy atom. The maximum atomic E-state index is 11.0. The highest BCUT2D eigenvalue weighted by Gasteiger charge is 2.18. The van der Waals surface area contributed by atoms with Gasteiger partial charge in [0.1, 0.15) is 11.7 Å². The Morgan fingerprint density at radius 2 is 2.00 bits per heavy atom. The molecule has 0 rings (SSSR count). The molecule has 0 heterocycles. The Hall–Kier alpha value is -0.610. The van der Waals surface area contributed by atoms with E-state index in [9.17, 15) is 4.79 Å². The molecule has 0 saturated heterocycles. The van der Waals surface area contributed by atoms with Crippen LogP contribution in [0.3, 0.4) is 0 Å². The van der Waals surface area contributed by atoms with Crippen LogP contribution in [0.5, 0.6) is 0 Å². The van der Waals surface area contributed by atoms with Crippen molar-refractivity contribution in [2.24, 2.45) is 0 Å². The van der Waals surface area contributed by atoms with Gasteiger partial charge in [-0.15, -0.1) is 0 Å². The Balaban J connectivity index is 3.75. The van der Waals surface area contributed by atoms with Gasteiger partial charge in [-0.3, -0.25) is 10.1 Å². The van der Waals surface area contributed by atoms with Gasteiger partial charge in [0, 0.05) is 0 Å². The van der Waals surface area contributed by atoms with Crippen LogP contribution >= 0.6 is 0 Å². The molecule has 0 aromatic rings. The SMILES string of the molecule is C[C@@H](CC(=O)OC(C)(C)C)OO. The Bertz CT molecular complexity index is 148. The van der Waals surface area contributed by atoms with E-state index in [-0.39, 0.29) is 12.4 Å². The molecule has 0 amide bonds. The van der Waals surface area contributed by atoms with Crippen molar-refractivity contribution in [1.29, 1.82) is 0 Å². The van der Waals surface area contributed by atoms with E-state index in [1.54, 1.807) is 27.7 Å². The minimum Gasteiger partial charge on any atom is -0.460 e. The smallest absolute Gasteiger partial charge is 0.309 e. The highest BCUT2D eigenvalue weighted by Crippen LogP contribution is 2.09. The van der Waals surface area contributed by atoms with E-state index in [0.29, 0.717) is 0 Å². The summed E-state index contributed by atoms with van der Waals surface area (Å²) < 4.78 is 4.98. The summed E-state index contributed by atoms with van der Waals surface area (Å²) in [6, 6.07) is 0. The molecule has 0 saturated carbocycles. The van der Waals surface area contributed by atoms with E-state index in [1.165, 1.54) is 0 Å². The number of hydrogen-bond acceptors (Lipinski definition) is 4. The first-order chi connectivity index (χ1) is 5.35. The van der Waals surface area contributed by atoms with Gasteiger partial charge in [0.05, 0.1) is 6.42 Å². The van der Waals surface area contributed by atoms with Gasteiger partial charge in [-0.2, -0.15) is 0 Å². The third-order valence-electron chi connectivity index (χ3n) is 1.05. The molecule has 0 spiro atoms. The molecule has 0 aliphatic rings. The molecule has 0 aromatic heterocycles. The van der Waals surface area contributed by atoms with E-state index in [2.05, 4.69) is 4.89 Å². The number of carbonyl (C=O) groups is 1. The summed E-state index contributed by atoms with van der Waals surface area (Å²) in [5.74, 6) is -0.371. The second-order valence-electron chi connectivity index (χ2n) is 3.71. The van der Waals surface area contributed by atoms with Gasteiger partial charge >= 0.3 is 5.97 Å². The van der Waals surface area contributed by atoms with E-state index in [4.69, 9.17) is 9.99 Å². The standard InChI is InChI=1S/C8H16O4/c1-6(12-10)5-7(9)11-8(2,3)4/h6,10H,5H2,1-4H3/t6-/m0/s1. The third kappa shape index (κ3) is 6.12. The van der Waals surface area contributed by atoms with Crippen molar-refractivity contribution < 1.29 is 19.7 Å². The molecule has 0 fully saturated rings. The largest absolute Gasteiger partial charge is 0.460 e. The molecule has 0 aliphatic carbocycles. The minimum absolute atomic E-state index is 0.0633. The topological polar surface area (TPSA) is 55.8 Å². The average Bonchev–Trinajstić information content (AvgIpc) is 1.82. The van der Waals surface area contributed by atoms with Crippen LogP contribution in [0.1, 0.15) is 34.1 Å². The molecule has 1 N–H and O–H groups in total. The summed E-state index contributed by atoms with van der Waals surface area (Å²) in [7, 11) is 0. The number of rotatable bonds is 3. The van der Waals surface area contributed by atoms with Crippen LogP contribution in [-0.4, -0.2) is 22.9 Å². The van der Waals surface area contributed by atoms with Crippen LogP contribution in [0.4, 0.5) is 0 Å². The molecule has 0 aromatic carbocycles.